The van der Waals surface area contributed by atoms with Crippen LogP contribution in [0, 0.1) is 20.8 Å². The van der Waals surface area contributed by atoms with Crippen molar-refractivity contribution in [3.63, 3.8) is 0 Å². The van der Waals surface area contributed by atoms with Gasteiger partial charge in [-0.25, -0.2) is 4.98 Å². The number of hydrogen-bond acceptors (Lipinski definition) is 5. The lowest BCUT2D eigenvalue weighted by atomic mass is 10.1. The Kier molecular flexibility index (Phi) is 5.17. The van der Waals surface area contributed by atoms with Crippen molar-refractivity contribution in [2.45, 2.75) is 20.8 Å². The van der Waals surface area contributed by atoms with E-state index in [-0.39, 0.29) is 11.2 Å². The van der Waals surface area contributed by atoms with Crippen LogP contribution in [0.1, 0.15) is 16.8 Å². The molecule has 0 aliphatic carbocycles. The van der Waals surface area contributed by atoms with E-state index in [1.54, 1.807) is 25.1 Å². The molecule has 0 bridgehead atoms. The van der Waals surface area contributed by atoms with E-state index in [0.717, 1.165) is 16.8 Å². The van der Waals surface area contributed by atoms with Crippen molar-refractivity contribution in [3.8, 4) is 16.4 Å². The van der Waals surface area contributed by atoms with E-state index in [0.29, 0.717) is 21.5 Å². The van der Waals surface area contributed by atoms with Gasteiger partial charge in [0.15, 0.2) is 5.69 Å². The summed E-state index contributed by atoms with van der Waals surface area (Å²) in [7, 11) is 0. The Labute approximate surface area is 176 Å². The van der Waals surface area contributed by atoms with E-state index in [1.807, 2.05) is 43.5 Å². The molecule has 2 aromatic heterocycles. The summed E-state index contributed by atoms with van der Waals surface area (Å²) < 4.78 is 1.40. The molecule has 0 unspecified atom stereocenters. The number of H-pyrrole nitrogens is 1. The first-order valence-corrected chi connectivity index (χ1v) is 10.2. The van der Waals surface area contributed by atoms with Crippen molar-refractivity contribution in [1.82, 2.24) is 14.8 Å². The number of nitrogens with zero attached hydrogens (tertiary/aromatic N) is 4. The summed E-state index contributed by atoms with van der Waals surface area (Å²) in [5.74, 6) is 0. The number of hydrogen-bond donors (Lipinski definition) is 1. The maximum atomic E-state index is 12.9. The van der Waals surface area contributed by atoms with Crippen LogP contribution in [0.4, 0.5) is 11.4 Å². The highest BCUT2D eigenvalue weighted by atomic mass is 35.5. The second-order valence-corrected chi connectivity index (χ2v) is 7.94. The molecule has 0 fully saturated rings. The van der Waals surface area contributed by atoms with Crippen LogP contribution in [0.25, 0.3) is 16.4 Å². The van der Waals surface area contributed by atoms with E-state index in [9.17, 15) is 4.79 Å². The van der Waals surface area contributed by atoms with Gasteiger partial charge in [-0.05, 0) is 38.5 Å². The van der Waals surface area contributed by atoms with Crippen molar-refractivity contribution in [2.24, 2.45) is 10.2 Å². The Balaban J connectivity index is 1.67. The highest BCUT2D eigenvalue weighted by Crippen LogP contribution is 2.28. The molecule has 0 saturated carbocycles. The van der Waals surface area contributed by atoms with Gasteiger partial charge in [-0.1, -0.05) is 47.5 Å². The molecule has 2 aromatic carbocycles. The van der Waals surface area contributed by atoms with E-state index in [4.69, 9.17) is 11.6 Å². The molecule has 8 heteroatoms. The summed E-state index contributed by atoms with van der Waals surface area (Å²) in [6.07, 6.45) is 0. The molecule has 29 heavy (non-hydrogen) atoms. The second-order valence-electron chi connectivity index (χ2n) is 6.69. The first kappa shape index (κ1) is 19.3. The number of rotatable bonds is 4. The number of aromatic amines is 1. The standard InChI is InChI=1S/C21H18ClN5OS/c1-12-7-9-15(10-8-12)18-11-29-21(23-18)27-20(28)19(14(3)26-27)25-24-17-6-4-5-16(22)13(17)2/h4-11,26H,1-3H3. The highest BCUT2D eigenvalue weighted by molar-refractivity contribution is 7.12. The molecular weight excluding hydrogens is 406 g/mol. The van der Waals surface area contributed by atoms with Gasteiger partial charge in [-0.15, -0.1) is 21.6 Å². The second kappa shape index (κ2) is 7.77. The van der Waals surface area contributed by atoms with Crippen LogP contribution in [-0.2, 0) is 0 Å². The Bertz CT molecular complexity index is 1270. The minimum Gasteiger partial charge on any atom is -0.291 e. The molecule has 4 rings (SSSR count). The van der Waals surface area contributed by atoms with Gasteiger partial charge in [0, 0.05) is 16.0 Å². The molecule has 2 heterocycles. The van der Waals surface area contributed by atoms with Gasteiger partial charge in [0.2, 0.25) is 5.13 Å². The molecule has 0 atom stereocenters. The van der Waals surface area contributed by atoms with Crippen LogP contribution in [0.3, 0.4) is 0 Å². The first-order valence-electron chi connectivity index (χ1n) is 8.95. The smallest absolute Gasteiger partial charge is 0.291 e. The summed E-state index contributed by atoms with van der Waals surface area (Å²) in [6.45, 7) is 5.69. The number of halogens is 1. The average Bonchev–Trinajstić information content (AvgIpc) is 3.29. The van der Waals surface area contributed by atoms with Gasteiger partial charge in [0.25, 0.3) is 0 Å². The summed E-state index contributed by atoms with van der Waals surface area (Å²) in [4.78, 5) is 17.5. The molecular formula is C21H18ClN5OS. The maximum Gasteiger partial charge on any atom is 0.301 e. The fraction of sp³-hybridized carbons (Fsp3) is 0.143. The van der Waals surface area contributed by atoms with Crippen molar-refractivity contribution >= 4 is 34.3 Å². The summed E-state index contributed by atoms with van der Waals surface area (Å²) in [6, 6.07) is 13.5. The number of aryl methyl sites for hydroxylation is 2. The Hall–Kier alpha value is -3.03. The van der Waals surface area contributed by atoms with E-state index >= 15 is 0 Å². The zero-order valence-electron chi connectivity index (χ0n) is 16.1. The lowest BCUT2D eigenvalue weighted by Gasteiger charge is -1.99. The zero-order chi connectivity index (χ0) is 20.5. The van der Waals surface area contributed by atoms with Gasteiger partial charge in [-0.2, -0.15) is 4.68 Å². The number of aromatic nitrogens is 3. The number of benzene rings is 2. The molecule has 0 aliphatic rings. The van der Waals surface area contributed by atoms with Crippen LogP contribution in [0.5, 0.6) is 0 Å². The Morgan fingerprint density at radius 3 is 2.59 bits per heavy atom. The van der Waals surface area contributed by atoms with Crippen molar-refractivity contribution in [3.05, 3.63) is 80.0 Å². The number of thiazole rings is 1. The minimum absolute atomic E-state index is 0.247. The SMILES string of the molecule is Cc1ccc(-c2csc(-n3[nH]c(C)c(N=Nc4cccc(Cl)c4C)c3=O)n2)cc1. The third-order valence-electron chi connectivity index (χ3n) is 4.57. The molecule has 4 aromatic rings. The predicted molar refractivity (Wildman–Crippen MR) is 117 cm³/mol. The monoisotopic (exact) mass is 423 g/mol. The van der Waals surface area contributed by atoms with Crippen LogP contribution in [-0.4, -0.2) is 14.8 Å². The van der Waals surface area contributed by atoms with E-state index in [1.165, 1.54) is 21.6 Å². The van der Waals surface area contributed by atoms with Crippen molar-refractivity contribution in [2.75, 3.05) is 0 Å². The van der Waals surface area contributed by atoms with Gasteiger partial charge < -0.3 is 0 Å². The third kappa shape index (κ3) is 3.79. The normalized spacial score (nSPS) is 11.4. The van der Waals surface area contributed by atoms with E-state index < -0.39 is 0 Å². The molecule has 146 valence electrons. The highest BCUT2D eigenvalue weighted by Gasteiger charge is 2.15. The topological polar surface area (TPSA) is 75.4 Å². The molecule has 0 amide bonds. The van der Waals surface area contributed by atoms with Gasteiger partial charge in [0.1, 0.15) is 0 Å². The minimum atomic E-state index is -0.296. The quantitative estimate of drug-likeness (QED) is 0.392. The summed E-state index contributed by atoms with van der Waals surface area (Å²) in [5.41, 5.74) is 5.02. The van der Waals surface area contributed by atoms with Crippen LogP contribution >= 0.6 is 22.9 Å². The molecule has 1 N–H and O–H groups in total. The lowest BCUT2D eigenvalue weighted by Crippen LogP contribution is -2.13. The largest absolute Gasteiger partial charge is 0.301 e. The Morgan fingerprint density at radius 1 is 1.07 bits per heavy atom. The fourth-order valence-corrected chi connectivity index (χ4v) is 3.78. The molecule has 0 radical (unpaired) electrons. The van der Waals surface area contributed by atoms with Gasteiger partial charge in [0.05, 0.1) is 17.1 Å². The van der Waals surface area contributed by atoms with Gasteiger partial charge in [-0.3, -0.25) is 9.89 Å². The lowest BCUT2D eigenvalue weighted by molar-refractivity contribution is 0.827. The maximum absolute atomic E-state index is 12.9. The number of azo groups is 1. The van der Waals surface area contributed by atoms with E-state index in [2.05, 4.69) is 20.3 Å². The molecule has 0 spiro atoms. The summed E-state index contributed by atoms with van der Waals surface area (Å²) in [5, 5.41) is 14.5. The summed E-state index contributed by atoms with van der Waals surface area (Å²) >= 11 is 7.51. The van der Waals surface area contributed by atoms with Gasteiger partial charge >= 0.3 is 5.56 Å². The molecule has 0 saturated heterocycles. The van der Waals surface area contributed by atoms with Crippen LogP contribution < -0.4 is 5.56 Å². The fourth-order valence-electron chi connectivity index (χ4n) is 2.82. The van der Waals surface area contributed by atoms with Crippen molar-refractivity contribution < 1.29 is 0 Å². The van der Waals surface area contributed by atoms with Crippen molar-refractivity contribution in [1.29, 1.82) is 0 Å². The number of nitrogens with one attached hydrogen (secondary N) is 1. The first-order chi connectivity index (χ1) is 13.9. The zero-order valence-corrected chi connectivity index (χ0v) is 17.7. The third-order valence-corrected chi connectivity index (χ3v) is 5.80. The predicted octanol–water partition coefficient (Wildman–Crippen LogP) is 6.28. The Morgan fingerprint density at radius 2 is 1.83 bits per heavy atom. The molecule has 6 nitrogen and oxygen atoms in total. The molecule has 0 aliphatic heterocycles. The van der Waals surface area contributed by atoms with Crippen LogP contribution in [0.2, 0.25) is 5.02 Å². The van der Waals surface area contributed by atoms with Crippen LogP contribution in [0.15, 0.2) is 62.9 Å². The average molecular weight is 424 g/mol.